The number of fused-ring (bicyclic) bond motifs is 1. The molecule has 2 heterocycles. The van der Waals surface area contributed by atoms with Crippen LogP contribution in [-0.4, -0.2) is 28.2 Å². The molecule has 0 atom stereocenters. The van der Waals surface area contributed by atoms with Gasteiger partial charge in [0.1, 0.15) is 10.6 Å². The number of aromatic nitrogens is 2. The van der Waals surface area contributed by atoms with Crippen LogP contribution in [0.15, 0.2) is 52.9 Å². The largest absolute Gasteiger partial charge is 0.497 e. The van der Waals surface area contributed by atoms with Crippen LogP contribution in [0, 0.1) is 0 Å². The van der Waals surface area contributed by atoms with Crippen molar-refractivity contribution in [2.24, 2.45) is 0 Å². The molecule has 7 heteroatoms. The number of hydrogen-bond donors (Lipinski definition) is 0. The first-order chi connectivity index (χ1) is 13.1. The molecule has 0 radical (unpaired) electrons. The minimum atomic E-state index is -0.0877. The van der Waals surface area contributed by atoms with Crippen molar-refractivity contribution in [2.45, 2.75) is 25.0 Å². The summed E-state index contributed by atoms with van der Waals surface area (Å²) < 4.78 is 6.69. The molecule has 0 saturated carbocycles. The zero-order chi connectivity index (χ0) is 19.4. The Hall–Kier alpha value is -2.38. The molecule has 3 aromatic rings. The second kappa shape index (κ2) is 8.54. The van der Waals surface area contributed by atoms with Gasteiger partial charge in [0.25, 0.3) is 5.56 Å². The number of thiophene rings is 1. The highest BCUT2D eigenvalue weighted by atomic mass is 32.2. The maximum absolute atomic E-state index is 12.8. The Morgan fingerprint density at radius 3 is 2.74 bits per heavy atom. The van der Waals surface area contributed by atoms with Crippen molar-refractivity contribution in [2.75, 3.05) is 12.9 Å². The molecule has 0 amide bonds. The molecule has 0 spiro atoms. The Labute approximate surface area is 165 Å². The average Bonchev–Trinajstić information content (AvgIpc) is 3.12. The lowest BCUT2D eigenvalue weighted by atomic mass is 10.1. The molecule has 0 N–H and O–H groups in total. The van der Waals surface area contributed by atoms with Crippen molar-refractivity contribution >= 4 is 39.1 Å². The van der Waals surface area contributed by atoms with Gasteiger partial charge in [-0.3, -0.25) is 14.2 Å². The fourth-order valence-electron chi connectivity index (χ4n) is 2.61. The molecular formula is C20H20N2O3S2. The number of nitrogens with zero attached hydrogens (tertiary/aromatic N) is 2. The first-order valence-electron chi connectivity index (χ1n) is 8.51. The van der Waals surface area contributed by atoms with Crippen molar-refractivity contribution in [1.29, 1.82) is 0 Å². The summed E-state index contributed by atoms with van der Waals surface area (Å²) in [5.41, 5.74) is 0.515. The smallest absolute Gasteiger partial charge is 0.263 e. The van der Waals surface area contributed by atoms with Crippen LogP contribution in [0.4, 0.5) is 0 Å². The third-order valence-corrected chi connectivity index (χ3v) is 6.22. The predicted molar refractivity (Wildman–Crippen MR) is 112 cm³/mol. The Balaban J connectivity index is 1.88. The summed E-state index contributed by atoms with van der Waals surface area (Å²) in [5, 5.41) is 1.17. The van der Waals surface area contributed by atoms with E-state index in [9.17, 15) is 9.59 Å². The van der Waals surface area contributed by atoms with Gasteiger partial charge in [-0.25, -0.2) is 4.98 Å². The molecule has 3 rings (SSSR count). The quantitative estimate of drug-likeness (QED) is 0.246. The SMILES string of the molecule is C=CCn1c(SCC(=O)c2ccc(OC)cc2)nc2sc(CC)cc2c1=O. The zero-order valence-corrected chi connectivity index (χ0v) is 16.9. The van der Waals surface area contributed by atoms with E-state index in [1.807, 2.05) is 6.07 Å². The molecule has 0 aliphatic heterocycles. The number of carbonyl (C=O) groups is 1. The van der Waals surface area contributed by atoms with Crippen molar-refractivity contribution in [3.63, 3.8) is 0 Å². The van der Waals surface area contributed by atoms with Gasteiger partial charge in [0.05, 0.1) is 18.2 Å². The van der Waals surface area contributed by atoms with Gasteiger partial charge in [0, 0.05) is 17.0 Å². The van der Waals surface area contributed by atoms with Gasteiger partial charge in [0.2, 0.25) is 0 Å². The van der Waals surface area contributed by atoms with Crippen LogP contribution in [0.2, 0.25) is 0 Å². The van der Waals surface area contributed by atoms with Crippen LogP contribution < -0.4 is 10.3 Å². The Bertz CT molecular complexity index is 1040. The molecule has 0 bridgehead atoms. The molecule has 0 aliphatic carbocycles. The number of methoxy groups -OCH3 is 1. The third kappa shape index (κ3) is 4.14. The first kappa shape index (κ1) is 19.4. The van der Waals surface area contributed by atoms with Gasteiger partial charge in [0.15, 0.2) is 10.9 Å². The van der Waals surface area contributed by atoms with E-state index < -0.39 is 0 Å². The Morgan fingerprint density at radius 1 is 1.37 bits per heavy atom. The first-order valence-corrected chi connectivity index (χ1v) is 10.3. The fourth-order valence-corrected chi connectivity index (χ4v) is 4.52. The minimum Gasteiger partial charge on any atom is -0.497 e. The molecule has 140 valence electrons. The van der Waals surface area contributed by atoms with Crippen molar-refractivity contribution < 1.29 is 9.53 Å². The van der Waals surface area contributed by atoms with E-state index in [2.05, 4.69) is 18.5 Å². The second-order valence-electron chi connectivity index (χ2n) is 5.82. The van der Waals surface area contributed by atoms with Gasteiger partial charge in [-0.05, 0) is 36.8 Å². The number of allylic oxidation sites excluding steroid dienone is 1. The van der Waals surface area contributed by atoms with E-state index in [1.165, 1.54) is 23.1 Å². The third-order valence-electron chi connectivity index (χ3n) is 4.07. The number of hydrogen-bond acceptors (Lipinski definition) is 6. The number of ether oxygens (including phenoxy) is 1. The van der Waals surface area contributed by atoms with E-state index in [0.29, 0.717) is 28.4 Å². The van der Waals surface area contributed by atoms with E-state index in [0.717, 1.165) is 16.1 Å². The summed E-state index contributed by atoms with van der Waals surface area (Å²) in [4.78, 5) is 31.8. The number of rotatable bonds is 8. The molecule has 2 aromatic heterocycles. The van der Waals surface area contributed by atoms with Crippen LogP contribution in [0.5, 0.6) is 5.75 Å². The Morgan fingerprint density at radius 2 is 2.11 bits per heavy atom. The molecule has 1 aromatic carbocycles. The highest BCUT2D eigenvalue weighted by Gasteiger charge is 2.15. The lowest BCUT2D eigenvalue weighted by Crippen LogP contribution is -2.22. The number of thioether (sulfide) groups is 1. The fraction of sp³-hybridized carbons (Fsp3) is 0.250. The van der Waals surface area contributed by atoms with Gasteiger partial charge < -0.3 is 4.74 Å². The molecule has 0 saturated heterocycles. The van der Waals surface area contributed by atoms with Gasteiger partial charge in [-0.2, -0.15) is 0 Å². The minimum absolute atomic E-state index is 0.0254. The highest BCUT2D eigenvalue weighted by molar-refractivity contribution is 7.99. The van der Waals surface area contributed by atoms with Crippen LogP contribution >= 0.6 is 23.1 Å². The summed E-state index contributed by atoms with van der Waals surface area (Å²) in [5.74, 6) is 0.881. The normalized spacial score (nSPS) is 10.9. The summed E-state index contributed by atoms with van der Waals surface area (Å²) in [6, 6.07) is 8.90. The van der Waals surface area contributed by atoms with Gasteiger partial charge in [-0.15, -0.1) is 17.9 Å². The van der Waals surface area contributed by atoms with Crippen LogP contribution in [-0.2, 0) is 13.0 Å². The van der Waals surface area contributed by atoms with E-state index in [1.54, 1.807) is 42.0 Å². The molecule has 27 heavy (non-hydrogen) atoms. The lowest BCUT2D eigenvalue weighted by Gasteiger charge is -2.09. The molecule has 0 unspecified atom stereocenters. The molecule has 0 aliphatic rings. The number of aryl methyl sites for hydroxylation is 1. The number of benzene rings is 1. The highest BCUT2D eigenvalue weighted by Crippen LogP contribution is 2.25. The maximum atomic E-state index is 12.8. The number of Topliss-reactive ketones (excluding diaryl/α,β-unsaturated/α-hetero) is 1. The second-order valence-corrected chi connectivity index (χ2v) is 7.88. The zero-order valence-electron chi connectivity index (χ0n) is 15.2. The average molecular weight is 401 g/mol. The monoisotopic (exact) mass is 400 g/mol. The van der Waals surface area contributed by atoms with Crippen molar-refractivity contribution in [3.05, 3.63) is 63.8 Å². The Kier molecular flexibility index (Phi) is 6.13. The standard InChI is InChI=1S/C20H20N2O3S2/c1-4-10-22-19(24)16-11-15(5-2)27-18(16)21-20(22)26-12-17(23)13-6-8-14(25-3)9-7-13/h4,6-9,11H,1,5,10,12H2,2-3H3. The van der Waals surface area contributed by atoms with Gasteiger partial charge in [-0.1, -0.05) is 24.8 Å². The van der Waals surface area contributed by atoms with Gasteiger partial charge >= 0.3 is 0 Å². The van der Waals surface area contributed by atoms with E-state index in [-0.39, 0.29) is 17.1 Å². The van der Waals surface area contributed by atoms with Crippen LogP contribution in [0.1, 0.15) is 22.2 Å². The molecule has 5 nitrogen and oxygen atoms in total. The van der Waals surface area contributed by atoms with Crippen molar-refractivity contribution in [3.8, 4) is 5.75 Å². The molecule has 0 fully saturated rings. The number of ketones is 1. The summed E-state index contributed by atoms with van der Waals surface area (Å²) in [7, 11) is 1.59. The maximum Gasteiger partial charge on any atom is 0.263 e. The van der Waals surface area contributed by atoms with Crippen LogP contribution in [0.3, 0.4) is 0 Å². The number of carbonyl (C=O) groups excluding carboxylic acids is 1. The van der Waals surface area contributed by atoms with E-state index >= 15 is 0 Å². The summed E-state index contributed by atoms with van der Waals surface area (Å²) in [6.45, 7) is 6.14. The summed E-state index contributed by atoms with van der Waals surface area (Å²) >= 11 is 2.80. The molecular weight excluding hydrogens is 380 g/mol. The summed E-state index contributed by atoms with van der Waals surface area (Å²) in [6.07, 6.45) is 2.53. The van der Waals surface area contributed by atoms with Crippen molar-refractivity contribution in [1.82, 2.24) is 9.55 Å². The van der Waals surface area contributed by atoms with E-state index in [4.69, 9.17) is 4.74 Å². The van der Waals surface area contributed by atoms with Crippen LogP contribution in [0.25, 0.3) is 10.2 Å². The lowest BCUT2D eigenvalue weighted by molar-refractivity contribution is 0.102. The predicted octanol–water partition coefficient (Wildman–Crippen LogP) is 4.19. The topological polar surface area (TPSA) is 61.2 Å².